The second-order valence-corrected chi connectivity index (χ2v) is 7.88. The van der Waals surface area contributed by atoms with Crippen molar-refractivity contribution < 1.29 is 29.5 Å². The molecule has 10 heteroatoms. The van der Waals surface area contributed by atoms with E-state index in [-0.39, 0.29) is 10.6 Å². The van der Waals surface area contributed by atoms with Gasteiger partial charge in [0.25, 0.3) is 5.69 Å². The van der Waals surface area contributed by atoms with Crippen LogP contribution < -0.4 is 0 Å². The third-order valence-corrected chi connectivity index (χ3v) is 5.70. The van der Waals surface area contributed by atoms with Crippen molar-refractivity contribution in [3.8, 4) is 0 Å². The number of carbonyl (C=O) groups excluding carboxylic acids is 1. The van der Waals surface area contributed by atoms with Gasteiger partial charge >= 0.3 is 11.9 Å². The summed E-state index contributed by atoms with van der Waals surface area (Å²) in [5.41, 5.74) is 1.20. The lowest BCUT2D eigenvalue weighted by Gasteiger charge is -2.35. The molecule has 170 valence electrons. The fourth-order valence-electron chi connectivity index (χ4n) is 3.92. The maximum atomic E-state index is 12.4. The Morgan fingerprint density at radius 1 is 0.968 bits per heavy atom. The maximum Gasteiger partial charge on any atom is 0.414 e. The fraction of sp³-hybridized carbons (Fsp3) is 0.571. The Balaban J connectivity index is 0.000000501. The zero-order chi connectivity index (χ0) is 22.8. The molecule has 0 spiro atoms. The molecule has 0 unspecified atom stereocenters. The van der Waals surface area contributed by atoms with E-state index in [1.165, 1.54) is 25.7 Å². The van der Waals surface area contributed by atoms with Crippen LogP contribution in [0.1, 0.15) is 44.1 Å². The average molecular weight is 435 g/mol. The molecule has 1 amide bonds. The molecule has 0 radical (unpaired) electrons. The molecule has 1 heterocycles. The number of nitrogens with zero attached hydrogens (tertiary/aromatic N) is 3. The first-order valence-corrected chi connectivity index (χ1v) is 10.5. The topological polar surface area (TPSA) is 141 Å². The third kappa shape index (κ3) is 8.33. The highest BCUT2D eigenvalue weighted by Gasteiger charge is 2.23. The van der Waals surface area contributed by atoms with Gasteiger partial charge in [0.2, 0.25) is 5.91 Å². The molecule has 1 aromatic rings. The number of hydrogen-bond donors (Lipinski definition) is 2. The molecule has 0 atom stereocenters. The minimum absolute atomic E-state index is 0.126. The molecule has 0 aromatic heterocycles. The maximum absolute atomic E-state index is 12.4. The lowest BCUT2D eigenvalue weighted by Crippen LogP contribution is -2.48. The van der Waals surface area contributed by atoms with Gasteiger partial charge in [-0.05, 0) is 17.9 Å². The summed E-state index contributed by atoms with van der Waals surface area (Å²) in [6.07, 6.45) is 7.03. The van der Waals surface area contributed by atoms with Gasteiger partial charge in [-0.15, -0.1) is 0 Å². The molecule has 10 nitrogen and oxygen atoms in total. The predicted molar refractivity (Wildman–Crippen MR) is 111 cm³/mol. The van der Waals surface area contributed by atoms with E-state index < -0.39 is 11.9 Å². The van der Waals surface area contributed by atoms with Crippen LogP contribution in [0.15, 0.2) is 24.3 Å². The molecule has 1 aliphatic carbocycles. The van der Waals surface area contributed by atoms with Gasteiger partial charge in [-0.3, -0.25) is 19.8 Å². The number of carboxylic acid groups (broad SMARTS) is 2. The number of hydrogen-bond acceptors (Lipinski definition) is 6. The van der Waals surface area contributed by atoms with Gasteiger partial charge in [0.05, 0.1) is 4.92 Å². The zero-order valence-corrected chi connectivity index (χ0v) is 17.4. The molecule has 3 rings (SSSR count). The quantitative estimate of drug-likeness (QED) is 0.394. The minimum Gasteiger partial charge on any atom is -0.473 e. The summed E-state index contributed by atoms with van der Waals surface area (Å²) in [4.78, 5) is 45.2. The van der Waals surface area contributed by atoms with Gasteiger partial charge < -0.3 is 15.1 Å². The second kappa shape index (κ2) is 12.0. The monoisotopic (exact) mass is 435 g/mol. The highest BCUT2D eigenvalue weighted by Crippen LogP contribution is 2.28. The van der Waals surface area contributed by atoms with Crippen molar-refractivity contribution in [2.75, 3.05) is 26.2 Å². The average Bonchev–Trinajstić information content (AvgIpc) is 3.27. The summed E-state index contributed by atoms with van der Waals surface area (Å²) in [6.45, 7) is 4.09. The van der Waals surface area contributed by atoms with E-state index in [9.17, 15) is 14.9 Å². The van der Waals surface area contributed by atoms with Crippen molar-refractivity contribution in [3.63, 3.8) is 0 Å². The van der Waals surface area contributed by atoms with E-state index >= 15 is 0 Å². The van der Waals surface area contributed by atoms with Crippen LogP contribution in [0, 0.1) is 16.0 Å². The molecule has 2 aliphatic rings. The number of piperazine rings is 1. The molecule has 2 N–H and O–H groups in total. The largest absolute Gasteiger partial charge is 0.473 e. The highest BCUT2D eigenvalue weighted by atomic mass is 16.6. The number of non-ortho nitro benzene ring substituents is 1. The molecule has 0 bridgehead atoms. The first-order valence-electron chi connectivity index (χ1n) is 10.5. The molecule has 2 fully saturated rings. The van der Waals surface area contributed by atoms with Crippen LogP contribution in [0.4, 0.5) is 5.69 Å². The van der Waals surface area contributed by atoms with Gasteiger partial charge in [-0.1, -0.05) is 37.8 Å². The number of rotatable bonds is 6. The lowest BCUT2D eigenvalue weighted by molar-refractivity contribution is -0.384. The number of benzene rings is 1. The molecule has 1 saturated heterocycles. The van der Waals surface area contributed by atoms with Gasteiger partial charge in [-0.25, -0.2) is 9.59 Å². The zero-order valence-electron chi connectivity index (χ0n) is 17.4. The number of carboxylic acids is 2. The molecule has 31 heavy (non-hydrogen) atoms. The summed E-state index contributed by atoms with van der Waals surface area (Å²) in [5.74, 6) is -2.57. The van der Waals surface area contributed by atoms with Crippen LogP contribution in [-0.2, 0) is 20.9 Å². The van der Waals surface area contributed by atoms with E-state index in [1.54, 1.807) is 12.1 Å². The third-order valence-electron chi connectivity index (χ3n) is 5.70. The minimum atomic E-state index is -1.82. The van der Waals surface area contributed by atoms with Crippen LogP contribution in [0.25, 0.3) is 0 Å². The summed E-state index contributed by atoms with van der Waals surface area (Å²) in [6, 6.07) is 6.74. The fourth-order valence-corrected chi connectivity index (χ4v) is 3.92. The Morgan fingerprint density at radius 2 is 1.52 bits per heavy atom. The van der Waals surface area contributed by atoms with E-state index in [4.69, 9.17) is 19.8 Å². The Hall–Kier alpha value is -3.01. The Morgan fingerprint density at radius 3 is 2.00 bits per heavy atom. The van der Waals surface area contributed by atoms with Crippen LogP contribution >= 0.6 is 0 Å². The summed E-state index contributed by atoms with van der Waals surface area (Å²) >= 11 is 0. The first kappa shape index (κ1) is 24.3. The highest BCUT2D eigenvalue weighted by molar-refractivity contribution is 6.27. The van der Waals surface area contributed by atoms with E-state index in [0.29, 0.717) is 12.3 Å². The SMILES string of the molecule is O=C(CCC1CCCC1)N1CCN(Cc2ccc([N+](=O)[O-])cc2)CC1.O=C(O)C(=O)O. The van der Waals surface area contributed by atoms with Crippen LogP contribution in [0.5, 0.6) is 0 Å². The van der Waals surface area contributed by atoms with Crippen molar-refractivity contribution in [1.29, 1.82) is 0 Å². The number of nitro benzene ring substituents is 1. The summed E-state index contributed by atoms with van der Waals surface area (Å²) in [7, 11) is 0. The van der Waals surface area contributed by atoms with E-state index in [1.807, 2.05) is 17.0 Å². The molecule has 1 saturated carbocycles. The normalized spacial score (nSPS) is 17.0. The molecular weight excluding hydrogens is 406 g/mol. The van der Waals surface area contributed by atoms with Crippen molar-refractivity contribution in [3.05, 3.63) is 39.9 Å². The Kier molecular flexibility index (Phi) is 9.39. The van der Waals surface area contributed by atoms with Crippen LogP contribution in [-0.4, -0.2) is 69.0 Å². The Bertz CT molecular complexity index is 756. The smallest absolute Gasteiger partial charge is 0.414 e. The van der Waals surface area contributed by atoms with Gasteiger partial charge in [0, 0.05) is 51.3 Å². The van der Waals surface area contributed by atoms with Crippen molar-refractivity contribution in [1.82, 2.24) is 9.80 Å². The molecule has 1 aliphatic heterocycles. The van der Waals surface area contributed by atoms with E-state index in [2.05, 4.69) is 4.90 Å². The first-order chi connectivity index (χ1) is 14.8. The van der Waals surface area contributed by atoms with Crippen molar-refractivity contribution in [2.24, 2.45) is 5.92 Å². The van der Waals surface area contributed by atoms with E-state index in [0.717, 1.165) is 50.6 Å². The van der Waals surface area contributed by atoms with Gasteiger partial charge in [0.15, 0.2) is 0 Å². The number of carbonyl (C=O) groups is 3. The van der Waals surface area contributed by atoms with Crippen molar-refractivity contribution in [2.45, 2.75) is 45.1 Å². The second-order valence-electron chi connectivity index (χ2n) is 7.88. The number of nitro groups is 1. The van der Waals surface area contributed by atoms with Crippen LogP contribution in [0.3, 0.4) is 0 Å². The lowest BCUT2D eigenvalue weighted by atomic mass is 10.0. The molecule has 1 aromatic carbocycles. The van der Waals surface area contributed by atoms with Crippen molar-refractivity contribution >= 4 is 23.5 Å². The van der Waals surface area contributed by atoms with Gasteiger partial charge in [0.1, 0.15) is 0 Å². The number of amides is 1. The predicted octanol–water partition coefficient (Wildman–Crippen LogP) is 2.36. The summed E-state index contributed by atoms with van der Waals surface area (Å²) in [5, 5.41) is 25.5. The standard InChI is InChI=1S/C19H27N3O3.C2H2O4/c23-19(10-7-16-3-1-2-4-16)21-13-11-20(12-14-21)15-17-5-8-18(9-6-17)22(24)25;3-1(4)2(5)6/h5-6,8-9,16H,1-4,7,10-15H2;(H,3,4)(H,5,6). The van der Waals surface area contributed by atoms with Crippen LogP contribution in [0.2, 0.25) is 0 Å². The number of aliphatic carboxylic acids is 2. The Labute approximate surface area is 180 Å². The summed E-state index contributed by atoms with van der Waals surface area (Å²) < 4.78 is 0. The van der Waals surface area contributed by atoms with Gasteiger partial charge in [-0.2, -0.15) is 0 Å². The molecular formula is C21H29N3O7.